The van der Waals surface area contributed by atoms with Crippen LogP contribution in [0.2, 0.25) is 0 Å². The summed E-state index contributed by atoms with van der Waals surface area (Å²) in [5.41, 5.74) is 0.646. The van der Waals surface area contributed by atoms with Crippen molar-refractivity contribution in [2.75, 3.05) is 11.4 Å². The second kappa shape index (κ2) is 4.39. The van der Waals surface area contributed by atoms with Crippen LogP contribution in [0.4, 0.5) is 10.5 Å². The Morgan fingerprint density at radius 1 is 1.11 bits per heavy atom. The Hall–Kier alpha value is -2.36. The van der Waals surface area contributed by atoms with Crippen LogP contribution in [0.1, 0.15) is 6.92 Å². The van der Waals surface area contributed by atoms with Crippen molar-refractivity contribution in [3.8, 4) is 0 Å². The molecule has 1 unspecified atom stereocenters. The van der Waals surface area contributed by atoms with Crippen LogP contribution in [-0.4, -0.2) is 18.5 Å². The quantitative estimate of drug-likeness (QED) is 0.850. The Labute approximate surface area is 111 Å². The molecule has 1 saturated heterocycles. The van der Waals surface area contributed by atoms with Gasteiger partial charge in [0.25, 0.3) is 0 Å². The van der Waals surface area contributed by atoms with Crippen molar-refractivity contribution in [1.29, 1.82) is 0 Å². The van der Waals surface area contributed by atoms with Gasteiger partial charge in [0.1, 0.15) is 0 Å². The van der Waals surface area contributed by atoms with Crippen molar-refractivity contribution in [2.24, 2.45) is 5.92 Å². The Morgan fingerprint density at radius 3 is 2.68 bits per heavy atom. The molecule has 0 aliphatic carbocycles. The molecule has 3 rings (SSSR count). The summed E-state index contributed by atoms with van der Waals surface area (Å²) in [6.07, 6.45) is 0. The highest BCUT2D eigenvalue weighted by molar-refractivity contribution is 6.20. The van der Waals surface area contributed by atoms with Crippen molar-refractivity contribution in [1.82, 2.24) is 5.32 Å². The SMILES string of the molecule is CC1CNC(=O)N(c2cccc3ccccc23)C1=O. The molecule has 0 aromatic heterocycles. The predicted octanol–water partition coefficient (Wildman–Crippen LogP) is 2.53. The Bertz CT molecular complexity index is 661. The van der Waals surface area contributed by atoms with Crippen molar-refractivity contribution in [3.05, 3.63) is 42.5 Å². The van der Waals surface area contributed by atoms with Crippen LogP contribution in [0.3, 0.4) is 0 Å². The highest BCUT2D eigenvalue weighted by Gasteiger charge is 2.33. The second-order valence-corrected chi connectivity index (χ2v) is 4.76. The largest absolute Gasteiger partial charge is 0.337 e. The zero-order valence-electron chi connectivity index (χ0n) is 10.6. The fraction of sp³-hybridized carbons (Fsp3) is 0.200. The molecule has 3 amide bonds. The molecule has 0 spiro atoms. The van der Waals surface area contributed by atoms with Crippen LogP contribution in [0, 0.1) is 5.92 Å². The molecule has 96 valence electrons. The van der Waals surface area contributed by atoms with E-state index in [0.29, 0.717) is 12.2 Å². The number of carbonyl (C=O) groups excluding carboxylic acids is 2. The number of fused-ring (bicyclic) bond motifs is 1. The molecule has 2 aromatic carbocycles. The number of rotatable bonds is 1. The first kappa shape index (κ1) is 11.7. The summed E-state index contributed by atoms with van der Waals surface area (Å²) < 4.78 is 0. The summed E-state index contributed by atoms with van der Waals surface area (Å²) in [6, 6.07) is 13.0. The van der Waals surface area contributed by atoms with Crippen molar-refractivity contribution in [2.45, 2.75) is 6.92 Å². The fourth-order valence-corrected chi connectivity index (χ4v) is 2.36. The van der Waals surface area contributed by atoms with Gasteiger partial charge in [-0.3, -0.25) is 4.79 Å². The van der Waals surface area contributed by atoms with Gasteiger partial charge in [-0.2, -0.15) is 0 Å². The van der Waals surface area contributed by atoms with E-state index in [1.807, 2.05) is 43.3 Å². The lowest BCUT2D eigenvalue weighted by Gasteiger charge is -2.30. The van der Waals surface area contributed by atoms with Gasteiger partial charge in [-0.15, -0.1) is 0 Å². The lowest BCUT2D eigenvalue weighted by molar-refractivity contribution is -0.121. The molecular formula is C15H14N2O2. The minimum absolute atomic E-state index is 0.153. The van der Waals surface area contributed by atoms with Crippen molar-refractivity contribution >= 4 is 28.4 Å². The smallest absolute Gasteiger partial charge is 0.328 e. The van der Waals surface area contributed by atoms with Gasteiger partial charge in [0, 0.05) is 11.9 Å². The van der Waals surface area contributed by atoms with Gasteiger partial charge in [0.05, 0.1) is 11.6 Å². The van der Waals surface area contributed by atoms with Crippen LogP contribution in [-0.2, 0) is 4.79 Å². The first-order valence-corrected chi connectivity index (χ1v) is 6.28. The van der Waals surface area contributed by atoms with Gasteiger partial charge in [-0.1, -0.05) is 43.3 Å². The zero-order valence-corrected chi connectivity index (χ0v) is 10.6. The number of anilines is 1. The molecule has 4 heteroatoms. The van der Waals surface area contributed by atoms with E-state index in [2.05, 4.69) is 5.32 Å². The molecule has 0 radical (unpaired) electrons. The number of imide groups is 1. The Balaban J connectivity index is 2.18. The third-order valence-electron chi connectivity index (χ3n) is 3.41. The van der Waals surface area contributed by atoms with Crippen molar-refractivity contribution in [3.63, 3.8) is 0 Å². The molecule has 0 saturated carbocycles. The van der Waals surface area contributed by atoms with Gasteiger partial charge in [-0.05, 0) is 11.5 Å². The highest BCUT2D eigenvalue weighted by Crippen LogP contribution is 2.28. The minimum Gasteiger partial charge on any atom is -0.337 e. The van der Waals surface area contributed by atoms with Gasteiger partial charge < -0.3 is 5.32 Å². The maximum Gasteiger partial charge on any atom is 0.328 e. The minimum atomic E-state index is -0.348. The summed E-state index contributed by atoms with van der Waals surface area (Å²) in [4.78, 5) is 25.5. The van der Waals surface area contributed by atoms with Crippen LogP contribution >= 0.6 is 0 Å². The second-order valence-electron chi connectivity index (χ2n) is 4.76. The summed E-state index contributed by atoms with van der Waals surface area (Å²) in [5, 5.41) is 4.66. The summed E-state index contributed by atoms with van der Waals surface area (Å²) >= 11 is 0. The molecule has 4 nitrogen and oxygen atoms in total. The van der Waals surface area contributed by atoms with Crippen LogP contribution in [0.5, 0.6) is 0 Å². The van der Waals surface area contributed by atoms with Gasteiger partial charge in [0.2, 0.25) is 5.91 Å². The van der Waals surface area contributed by atoms with Crippen LogP contribution < -0.4 is 10.2 Å². The Morgan fingerprint density at radius 2 is 1.84 bits per heavy atom. The van der Waals surface area contributed by atoms with E-state index < -0.39 is 0 Å². The molecule has 0 bridgehead atoms. The van der Waals surface area contributed by atoms with E-state index in [1.54, 1.807) is 6.07 Å². The third-order valence-corrected chi connectivity index (χ3v) is 3.41. The van der Waals surface area contributed by atoms with Gasteiger partial charge >= 0.3 is 6.03 Å². The Kier molecular flexibility index (Phi) is 2.71. The molecule has 19 heavy (non-hydrogen) atoms. The average Bonchev–Trinajstić information content (AvgIpc) is 2.44. The average molecular weight is 254 g/mol. The predicted molar refractivity (Wildman–Crippen MR) is 74.0 cm³/mol. The van der Waals surface area contributed by atoms with E-state index in [-0.39, 0.29) is 17.9 Å². The molecular weight excluding hydrogens is 240 g/mol. The lowest BCUT2D eigenvalue weighted by Crippen LogP contribution is -2.54. The van der Waals surface area contributed by atoms with E-state index in [1.165, 1.54) is 4.90 Å². The molecule has 2 aromatic rings. The molecule has 1 atom stereocenters. The van der Waals surface area contributed by atoms with E-state index in [0.717, 1.165) is 10.8 Å². The molecule has 1 aliphatic rings. The van der Waals surface area contributed by atoms with Crippen LogP contribution in [0.15, 0.2) is 42.5 Å². The van der Waals surface area contributed by atoms with Gasteiger partial charge in [0.15, 0.2) is 0 Å². The van der Waals surface area contributed by atoms with Crippen molar-refractivity contribution < 1.29 is 9.59 Å². The highest BCUT2D eigenvalue weighted by atomic mass is 16.2. The topological polar surface area (TPSA) is 49.4 Å². The summed E-state index contributed by atoms with van der Waals surface area (Å²) in [7, 11) is 0. The summed E-state index contributed by atoms with van der Waals surface area (Å²) in [5.74, 6) is -0.350. The van der Waals surface area contributed by atoms with E-state index in [9.17, 15) is 9.59 Å². The first-order valence-electron chi connectivity index (χ1n) is 6.28. The summed E-state index contributed by atoms with van der Waals surface area (Å²) in [6.45, 7) is 2.22. The standard InChI is InChI=1S/C15H14N2O2/c1-10-9-16-15(19)17(14(10)18)13-8-4-6-11-5-2-3-7-12(11)13/h2-8,10H,9H2,1H3,(H,16,19). The normalized spacial score (nSPS) is 19.6. The third kappa shape index (κ3) is 1.85. The first-order chi connectivity index (χ1) is 9.18. The van der Waals surface area contributed by atoms with E-state index in [4.69, 9.17) is 0 Å². The number of nitrogens with zero attached hydrogens (tertiary/aromatic N) is 1. The number of carbonyl (C=O) groups is 2. The molecule has 1 N–H and O–H groups in total. The molecule has 1 heterocycles. The number of hydrogen-bond donors (Lipinski definition) is 1. The lowest BCUT2D eigenvalue weighted by atomic mass is 10.0. The molecule has 1 aliphatic heterocycles. The number of urea groups is 1. The fourth-order valence-electron chi connectivity index (χ4n) is 2.36. The van der Waals surface area contributed by atoms with Crippen LogP contribution in [0.25, 0.3) is 10.8 Å². The number of amides is 3. The monoisotopic (exact) mass is 254 g/mol. The maximum atomic E-state index is 12.2. The number of hydrogen-bond acceptors (Lipinski definition) is 2. The van der Waals surface area contributed by atoms with E-state index >= 15 is 0 Å². The number of benzene rings is 2. The maximum absolute atomic E-state index is 12.2. The number of nitrogens with one attached hydrogen (secondary N) is 1. The zero-order chi connectivity index (χ0) is 13.4. The molecule has 1 fully saturated rings. The van der Waals surface area contributed by atoms with Gasteiger partial charge in [-0.25, -0.2) is 9.69 Å².